The molecule has 1 rings (SSSR count). The smallest absolute Gasteiger partial charge is 0.224 e. The first-order chi connectivity index (χ1) is 9.93. The van der Waals surface area contributed by atoms with Crippen LogP contribution in [0.3, 0.4) is 0 Å². The number of methoxy groups -OCH3 is 1. The van der Waals surface area contributed by atoms with Crippen LogP contribution in [0.25, 0.3) is 0 Å². The summed E-state index contributed by atoms with van der Waals surface area (Å²) in [6, 6.07) is 3.08. The van der Waals surface area contributed by atoms with E-state index in [9.17, 15) is 4.79 Å². The number of nitrogens with one attached hydrogen (secondary N) is 1. The second kappa shape index (κ2) is 9.10. The normalized spacial score (nSPS) is 12.2. The van der Waals surface area contributed by atoms with Crippen LogP contribution in [0.4, 0.5) is 11.4 Å². The molecule has 1 aromatic carbocycles. The number of hydrogen-bond acceptors (Lipinski definition) is 4. The van der Waals surface area contributed by atoms with Crippen LogP contribution < -0.4 is 11.1 Å². The van der Waals surface area contributed by atoms with Gasteiger partial charge in [-0.2, -0.15) is 0 Å². The first-order valence-electron chi connectivity index (χ1n) is 6.59. The highest BCUT2D eigenvalue weighted by molar-refractivity contribution is 6.40. The summed E-state index contributed by atoms with van der Waals surface area (Å²) >= 11 is 12.0. The van der Waals surface area contributed by atoms with Crippen molar-refractivity contribution < 1.29 is 14.3 Å². The summed E-state index contributed by atoms with van der Waals surface area (Å²) < 4.78 is 10.4. The van der Waals surface area contributed by atoms with E-state index in [4.69, 9.17) is 38.4 Å². The molecule has 0 heterocycles. The lowest BCUT2D eigenvalue weighted by Gasteiger charge is -2.12. The fourth-order valence-corrected chi connectivity index (χ4v) is 2.31. The Morgan fingerprint density at radius 1 is 1.38 bits per heavy atom. The maximum absolute atomic E-state index is 11.8. The van der Waals surface area contributed by atoms with Gasteiger partial charge in [-0.3, -0.25) is 4.79 Å². The zero-order valence-corrected chi connectivity index (χ0v) is 13.6. The summed E-state index contributed by atoms with van der Waals surface area (Å²) in [6.45, 7) is 2.93. The third kappa shape index (κ3) is 6.52. The molecule has 0 saturated carbocycles. The summed E-state index contributed by atoms with van der Waals surface area (Å²) in [7, 11) is 1.62. The van der Waals surface area contributed by atoms with Gasteiger partial charge in [0.05, 0.1) is 28.4 Å². The van der Waals surface area contributed by atoms with E-state index in [-0.39, 0.29) is 12.0 Å². The average Bonchev–Trinajstić information content (AvgIpc) is 2.39. The quantitative estimate of drug-likeness (QED) is 0.564. The summed E-state index contributed by atoms with van der Waals surface area (Å²) in [4.78, 5) is 11.8. The molecule has 3 N–H and O–H groups in total. The summed E-state index contributed by atoms with van der Waals surface area (Å²) in [5, 5.41) is 3.32. The molecule has 1 aromatic rings. The van der Waals surface area contributed by atoms with Crippen LogP contribution >= 0.6 is 23.2 Å². The van der Waals surface area contributed by atoms with Crippen molar-refractivity contribution in [2.24, 2.45) is 0 Å². The Balaban J connectivity index is 2.38. The van der Waals surface area contributed by atoms with Crippen LogP contribution in [0, 0.1) is 0 Å². The van der Waals surface area contributed by atoms with Gasteiger partial charge in [0.15, 0.2) is 0 Å². The number of amides is 1. The zero-order valence-electron chi connectivity index (χ0n) is 12.1. The third-order valence-electron chi connectivity index (χ3n) is 2.68. The largest absolute Gasteiger partial charge is 0.399 e. The first-order valence-corrected chi connectivity index (χ1v) is 7.34. The molecular weight excluding hydrogens is 315 g/mol. The summed E-state index contributed by atoms with van der Waals surface area (Å²) in [5.41, 5.74) is 6.43. The lowest BCUT2D eigenvalue weighted by molar-refractivity contribution is -0.116. The van der Waals surface area contributed by atoms with E-state index in [0.717, 1.165) is 0 Å². The Hall–Kier alpha value is -1.01. The Bertz CT molecular complexity index is 460. The highest BCUT2D eigenvalue weighted by atomic mass is 35.5. The van der Waals surface area contributed by atoms with Gasteiger partial charge >= 0.3 is 0 Å². The van der Waals surface area contributed by atoms with E-state index in [2.05, 4.69) is 5.32 Å². The van der Waals surface area contributed by atoms with E-state index >= 15 is 0 Å². The SMILES string of the molecule is COCC(C)OCCCC(=O)Nc1c(Cl)cc(N)cc1Cl. The van der Waals surface area contributed by atoms with Gasteiger partial charge in [-0.25, -0.2) is 0 Å². The van der Waals surface area contributed by atoms with Crippen LogP contribution in [0.1, 0.15) is 19.8 Å². The summed E-state index contributed by atoms with van der Waals surface area (Å²) in [5.74, 6) is -0.174. The van der Waals surface area contributed by atoms with Crippen LogP contribution in [0.2, 0.25) is 10.0 Å². The van der Waals surface area contributed by atoms with Gasteiger partial charge in [0.1, 0.15) is 0 Å². The number of hydrogen-bond donors (Lipinski definition) is 2. The van der Waals surface area contributed by atoms with E-state index in [0.29, 0.717) is 47.5 Å². The molecule has 7 heteroatoms. The Morgan fingerprint density at radius 2 is 2.00 bits per heavy atom. The van der Waals surface area contributed by atoms with Crippen molar-refractivity contribution in [3.63, 3.8) is 0 Å². The molecule has 1 atom stereocenters. The fourth-order valence-electron chi connectivity index (χ4n) is 1.71. The molecule has 0 bridgehead atoms. The molecule has 0 radical (unpaired) electrons. The number of anilines is 2. The van der Waals surface area contributed by atoms with Crippen molar-refractivity contribution >= 4 is 40.5 Å². The topological polar surface area (TPSA) is 73.6 Å². The molecule has 5 nitrogen and oxygen atoms in total. The van der Waals surface area contributed by atoms with Crippen molar-refractivity contribution in [1.82, 2.24) is 0 Å². The summed E-state index contributed by atoms with van der Waals surface area (Å²) in [6.07, 6.45) is 0.931. The highest BCUT2D eigenvalue weighted by Crippen LogP contribution is 2.32. The molecule has 0 spiro atoms. The minimum absolute atomic E-state index is 0.0130. The third-order valence-corrected chi connectivity index (χ3v) is 3.28. The number of halogens is 2. The molecule has 21 heavy (non-hydrogen) atoms. The maximum atomic E-state index is 11.8. The number of benzene rings is 1. The molecule has 118 valence electrons. The molecule has 1 amide bonds. The molecule has 0 aliphatic heterocycles. The molecule has 1 unspecified atom stereocenters. The van der Waals surface area contributed by atoms with Crippen LogP contribution in [0.15, 0.2) is 12.1 Å². The Labute approximate surface area is 134 Å². The van der Waals surface area contributed by atoms with Gasteiger partial charge in [-0.15, -0.1) is 0 Å². The minimum atomic E-state index is -0.174. The second-order valence-electron chi connectivity index (χ2n) is 4.65. The predicted octanol–water partition coefficient (Wildman–Crippen LogP) is 3.35. The number of ether oxygens (including phenoxy) is 2. The zero-order chi connectivity index (χ0) is 15.8. The number of carbonyl (C=O) groups excluding carboxylic acids is 1. The van der Waals surface area contributed by atoms with Crippen LogP contribution in [0.5, 0.6) is 0 Å². The lowest BCUT2D eigenvalue weighted by atomic mass is 10.2. The average molecular weight is 335 g/mol. The van der Waals surface area contributed by atoms with Crippen molar-refractivity contribution in [2.75, 3.05) is 31.4 Å². The maximum Gasteiger partial charge on any atom is 0.224 e. The van der Waals surface area contributed by atoms with Crippen molar-refractivity contribution in [1.29, 1.82) is 0 Å². The van der Waals surface area contributed by atoms with E-state index < -0.39 is 0 Å². The van der Waals surface area contributed by atoms with E-state index in [1.807, 2.05) is 6.92 Å². The molecule has 0 aliphatic rings. The van der Waals surface area contributed by atoms with Gasteiger partial charge < -0.3 is 20.5 Å². The van der Waals surface area contributed by atoms with Gasteiger partial charge in [-0.05, 0) is 25.5 Å². The number of nitrogens with two attached hydrogens (primary N) is 1. The number of rotatable bonds is 8. The molecule has 0 aliphatic carbocycles. The van der Waals surface area contributed by atoms with Gasteiger partial charge in [0.25, 0.3) is 0 Å². The van der Waals surface area contributed by atoms with Gasteiger partial charge in [-0.1, -0.05) is 23.2 Å². The number of carbonyl (C=O) groups is 1. The minimum Gasteiger partial charge on any atom is -0.399 e. The van der Waals surface area contributed by atoms with Crippen molar-refractivity contribution in [3.8, 4) is 0 Å². The lowest BCUT2D eigenvalue weighted by Crippen LogP contribution is -2.17. The van der Waals surface area contributed by atoms with Gasteiger partial charge in [0, 0.05) is 25.8 Å². The number of nitrogen functional groups attached to an aromatic ring is 1. The highest BCUT2D eigenvalue weighted by Gasteiger charge is 2.11. The van der Waals surface area contributed by atoms with E-state index in [1.165, 1.54) is 0 Å². The second-order valence-corrected chi connectivity index (χ2v) is 5.46. The monoisotopic (exact) mass is 334 g/mol. The Kier molecular flexibility index (Phi) is 7.82. The Morgan fingerprint density at radius 3 is 2.57 bits per heavy atom. The van der Waals surface area contributed by atoms with Crippen molar-refractivity contribution in [2.45, 2.75) is 25.9 Å². The first kappa shape index (κ1) is 18.0. The molecule has 0 saturated heterocycles. The van der Waals surface area contributed by atoms with Crippen LogP contribution in [-0.2, 0) is 14.3 Å². The van der Waals surface area contributed by atoms with Crippen LogP contribution in [-0.4, -0.2) is 32.3 Å². The van der Waals surface area contributed by atoms with Crippen molar-refractivity contribution in [3.05, 3.63) is 22.2 Å². The van der Waals surface area contributed by atoms with Gasteiger partial charge in [0.2, 0.25) is 5.91 Å². The molecule has 0 fully saturated rings. The van der Waals surface area contributed by atoms with E-state index in [1.54, 1.807) is 19.2 Å². The fraction of sp³-hybridized carbons (Fsp3) is 0.500. The standard InChI is InChI=1S/C14H20Cl2N2O3/c1-9(8-20-2)21-5-3-4-13(19)18-14-11(15)6-10(17)7-12(14)16/h6-7,9H,3-5,8,17H2,1-2H3,(H,18,19). The predicted molar refractivity (Wildman–Crippen MR) is 86.0 cm³/mol. The molecule has 0 aromatic heterocycles. The molecular formula is C14H20Cl2N2O3.